The van der Waals surface area contributed by atoms with Crippen LogP contribution in [0.2, 0.25) is 0 Å². The molecule has 2 rings (SSSR count). The summed E-state index contributed by atoms with van der Waals surface area (Å²) in [5, 5.41) is 18.9. The smallest absolute Gasteiger partial charge is 0.342 e. The summed E-state index contributed by atoms with van der Waals surface area (Å²) >= 11 is 0. The number of aromatic hydroxyl groups is 2. The number of rotatable bonds is 9. The molecule has 0 amide bonds. The minimum atomic E-state index is -0.624. The SMILES string of the molecule is O=C(OCCCCCCOC1CCCCO1)c1cc(O)ccc1O. The molecule has 0 saturated carbocycles. The summed E-state index contributed by atoms with van der Waals surface area (Å²) in [6.07, 6.45) is 6.90. The van der Waals surface area contributed by atoms with Crippen molar-refractivity contribution in [2.45, 2.75) is 51.2 Å². The normalized spacial score (nSPS) is 17.6. The van der Waals surface area contributed by atoms with Gasteiger partial charge in [0.05, 0.1) is 6.61 Å². The van der Waals surface area contributed by atoms with Gasteiger partial charge in [-0.2, -0.15) is 0 Å². The first-order chi connectivity index (χ1) is 11.7. The van der Waals surface area contributed by atoms with Crippen molar-refractivity contribution >= 4 is 5.97 Å². The molecule has 0 spiro atoms. The number of hydrogen-bond donors (Lipinski definition) is 2. The highest BCUT2D eigenvalue weighted by atomic mass is 16.7. The van der Waals surface area contributed by atoms with Crippen LogP contribution in [0.4, 0.5) is 0 Å². The van der Waals surface area contributed by atoms with E-state index in [0.29, 0.717) is 13.2 Å². The van der Waals surface area contributed by atoms with E-state index in [1.807, 2.05) is 0 Å². The van der Waals surface area contributed by atoms with Gasteiger partial charge >= 0.3 is 5.97 Å². The predicted molar refractivity (Wildman–Crippen MR) is 88.1 cm³/mol. The summed E-state index contributed by atoms with van der Waals surface area (Å²) in [7, 11) is 0. The van der Waals surface area contributed by atoms with Crippen LogP contribution in [0.25, 0.3) is 0 Å². The van der Waals surface area contributed by atoms with E-state index in [1.165, 1.54) is 24.6 Å². The highest BCUT2D eigenvalue weighted by molar-refractivity contribution is 5.92. The standard InChI is InChI=1S/C18H26O6/c19-14-8-9-16(20)15(13-14)18(21)24-12-5-2-1-4-10-22-17-7-3-6-11-23-17/h8-9,13,17,19-20H,1-7,10-12H2. The highest BCUT2D eigenvalue weighted by Gasteiger charge is 2.14. The zero-order valence-electron chi connectivity index (χ0n) is 13.9. The summed E-state index contributed by atoms with van der Waals surface area (Å²) in [5.41, 5.74) is -0.0177. The fourth-order valence-electron chi connectivity index (χ4n) is 2.55. The Labute approximate surface area is 142 Å². The van der Waals surface area contributed by atoms with Gasteiger partial charge in [-0.3, -0.25) is 0 Å². The zero-order valence-corrected chi connectivity index (χ0v) is 13.9. The van der Waals surface area contributed by atoms with Gasteiger partial charge < -0.3 is 24.4 Å². The summed E-state index contributed by atoms with van der Waals surface area (Å²) in [5.74, 6) is -0.900. The summed E-state index contributed by atoms with van der Waals surface area (Å²) < 4.78 is 16.2. The predicted octanol–water partition coefficient (Wildman–Crippen LogP) is 3.36. The summed E-state index contributed by atoms with van der Waals surface area (Å²) in [6, 6.07) is 3.77. The van der Waals surface area contributed by atoms with Gasteiger partial charge in [-0.1, -0.05) is 6.42 Å². The fraction of sp³-hybridized carbons (Fsp3) is 0.611. The van der Waals surface area contributed by atoms with Crippen molar-refractivity contribution in [2.75, 3.05) is 19.8 Å². The molecule has 0 radical (unpaired) electrons. The van der Waals surface area contributed by atoms with Crippen LogP contribution < -0.4 is 0 Å². The van der Waals surface area contributed by atoms with Gasteiger partial charge in [0.15, 0.2) is 6.29 Å². The van der Waals surface area contributed by atoms with E-state index in [4.69, 9.17) is 14.2 Å². The number of carbonyl (C=O) groups is 1. The lowest BCUT2D eigenvalue weighted by atomic mass is 10.2. The Hall–Kier alpha value is -1.79. The van der Waals surface area contributed by atoms with Gasteiger partial charge in [-0.25, -0.2) is 4.79 Å². The average molecular weight is 338 g/mol. The first-order valence-electron chi connectivity index (χ1n) is 8.59. The maximum Gasteiger partial charge on any atom is 0.342 e. The van der Waals surface area contributed by atoms with E-state index in [9.17, 15) is 15.0 Å². The third kappa shape index (κ3) is 6.37. The van der Waals surface area contributed by atoms with E-state index >= 15 is 0 Å². The third-order valence-electron chi connectivity index (χ3n) is 3.91. The second-order valence-electron chi connectivity index (χ2n) is 5.92. The molecule has 1 fully saturated rings. The zero-order chi connectivity index (χ0) is 17.2. The second kappa shape index (κ2) is 10.2. The first kappa shape index (κ1) is 18.5. The Morgan fingerprint density at radius 1 is 1.12 bits per heavy atom. The topological polar surface area (TPSA) is 85.2 Å². The Morgan fingerprint density at radius 3 is 2.67 bits per heavy atom. The van der Waals surface area contributed by atoms with Crippen molar-refractivity contribution in [3.8, 4) is 11.5 Å². The van der Waals surface area contributed by atoms with E-state index in [0.717, 1.165) is 45.1 Å². The van der Waals surface area contributed by atoms with Crippen molar-refractivity contribution in [2.24, 2.45) is 0 Å². The minimum Gasteiger partial charge on any atom is -0.508 e. The van der Waals surface area contributed by atoms with Gasteiger partial charge in [-0.15, -0.1) is 0 Å². The third-order valence-corrected chi connectivity index (χ3v) is 3.91. The number of unbranched alkanes of at least 4 members (excludes halogenated alkanes) is 3. The van der Waals surface area contributed by atoms with Crippen molar-refractivity contribution in [3.05, 3.63) is 23.8 Å². The van der Waals surface area contributed by atoms with Gasteiger partial charge in [0.2, 0.25) is 0 Å². The number of ether oxygens (including phenoxy) is 3. The molecule has 1 aromatic rings. The van der Waals surface area contributed by atoms with Crippen molar-refractivity contribution in [3.63, 3.8) is 0 Å². The molecular formula is C18H26O6. The number of phenolic OH excluding ortho intramolecular Hbond substituents is 2. The van der Waals surface area contributed by atoms with Crippen LogP contribution in [0.1, 0.15) is 55.3 Å². The molecule has 0 aliphatic carbocycles. The van der Waals surface area contributed by atoms with Crippen molar-refractivity contribution in [1.82, 2.24) is 0 Å². The minimum absolute atomic E-state index is 0.0177. The molecule has 6 heteroatoms. The first-order valence-corrected chi connectivity index (χ1v) is 8.59. The highest BCUT2D eigenvalue weighted by Crippen LogP contribution is 2.22. The molecule has 1 heterocycles. The average Bonchev–Trinajstić information content (AvgIpc) is 2.60. The molecule has 6 nitrogen and oxygen atoms in total. The number of phenols is 2. The lowest BCUT2D eigenvalue weighted by molar-refractivity contribution is -0.162. The van der Waals surface area contributed by atoms with Crippen LogP contribution in [-0.2, 0) is 14.2 Å². The Morgan fingerprint density at radius 2 is 1.92 bits per heavy atom. The van der Waals surface area contributed by atoms with Crippen LogP contribution in [-0.4, -0.2) is 42.3 Å². The molecule has 0 aromatic heterocycles. The molecule has 0 bridgehead atoms. The molecule has 1 aromatic carbocycles. The number of hydrogen-bond acceptors (Lipinski definition) is 6. The fourth-order valence-corrected chi connectivity index (χ4v) is 2.55. The molecular weight excluding hydrogens is 312 g/mol. The van der Waals surface area contributed by atoms with Crippen LogP contribution in [0.3, 0.4) is 0 Å². The largest absolute Gasteiger partial charge is 0.508 e. The molecule has 1 aliphatic rings. The quantitative estimate of drug-likeness (QED) is 0.408. The molecule has 1 saturated heterocycles. The van der Waals surface area contributed by atoms with E-state index in [-0.39, 0.29) is 23.4 Å². The van der Waals surface area contributed by atoms with E-state index in [2.05, 4.69) is 0 Å². The van der Waals surface area contributed by atoms with Gasteiger partial charge in [0.1, 0.15) is 17.1 Å². The second-order valence-corrected chi connectivity index (χ2v) is 5.92. The number of carbonyl (C=O) groups excluding carboxylic acids is 1. The van der Waals surface area contributed by atoms with E-state index in [1.54, 1.807) is 0 Å². The Balaban J connectivity index is 1.50. The van der Waals surface area contributed by atoms with Crippen LogP contribution >= 0.6 is 0 Å². The van der Waals surface area contributed by atoms with Crippen molar-refractivity contribution < 1.29 is 29.2 Å². The lowest BCUT2D eigenvalue weighted by Crippen LogP contribution is -2.22. The number of esters is 1. The number of benzene rings is 1. The molecule has 1 aliphatic heterocycles. The molecule has 2 N–H and O–H groups in total. The maximum atomic E-state index is 11.8. The van der Waals surface area contributed by atoms with Gasteiger partial charge in [0, 0.05) is 13.2 Å². The summed E-state index contributed by atoms with van der Waals surface area (Å²) in [4.78, 5) is 11.8. The van der Waals surface area contributed by atoms with Crippen LogP contribution in [0, 0.1) is 0 Å². The molecule has 134 valence electrons. The van der Waals surface area contributed by atoms with Crippen molar-refractivity contribution in [1.29, 1.82) is 0 Å². The Bertz CT molecular complexity index is 510. The van der Waals surface area contributed by atoms with Crippen LogP contribution in [0.5, 0.6) is 11.5 Å². The van der Waals surface area contributed by atoms with E-state index < -0.39 is 5.97 Å². The maximum absolute atomic E-state index is 11.8. The van der Waals surface area contributed by atoms with Gasteiger partial charge in [0.25, 0.3) is 0 Å². The lowest BCUT2D eigenvalue weighted by Gasteiger charge is -2.22. The van der Waals surface area contributed by atoms with Gasteiger partial charge in [-0.05, 0) is 56.7 Å². The summed E-state index contributed by atoms with van der Waals surface area (Å²) in [6.45, 7) is 1.78. The monoisotopic (exact) mass is 338 g/mol. The van der Waals surface area contributed by atoms with Crippen LogP contribution in [0.15, 0.2) is 18.2 Å². The molecule has 1 atom stereocenters. The molecule has 24 heavy (non-hydrogen) atoms. The Kier molecular flexibility index (Phi) is 7.85. The molecule has 1 unspecified atom stereocenters.